The van der Waals surface area contributed by atoms with Crippen molar-refractivity contribution in [2.24, 2.45) is 34.5 Å². The zero-order valence-corrected chi connectivity index (χ0v) is 27.1. The monoisotopic (exact) mass is 576 g/mol. The second kappa shape index (κ2) is 13.6. The highest BCUT2D eigenvalue weighted by molar-refractivity contribution is 5.87. The number of allylic oxidation sites excluding steroid dienone is 1. The van der Waals surface area contributed by atoms with E-state index in [4.69, 9.17) is 14.2 Å². The summed E-state index contributed by atoms with van der Waals surface area (Å²) in [5, 5.41) is 0. The van der Waals surface area contributed by atoms with E-state index in [1.807, 2.05) is 18.2 Å². The van der Waals surface area contributed by atoms with Crippen molar-refractivity contribution in [1.29, 1.82) is 0 Å². The molecule has 7 atom stereocenters. The molecular formula is C38H56O4. The van der Waals surface area contributed by atoms with Crippen molar-refractivity contribution in [2.45, 2.75) is 123 Å². The molecule has 1 aromatic carbocycles. The Morgan fingerprint density at radius 3 is 2.50 bits per heavy atom. The van der Waals surface area contributed by atoms with Crippen molar-refractivity contribution in [3.63, 3.8) is 0 Å². The topological polar surface area (TPSA) is 44.8 Å². The zero-order chi connectivity index (χ0) is 29.7. The van der Waals surface area contributed by atoms with Crippen molar-refractivity contribution >= 4 is 12.0 Å². The van der Waals surface area contributed by atoms with Gasteiger partial charge in [0, 0.05) is 12.5 Å². The van der Waals surface area contributed by atoms with Gasteiger partial charge in [0.05, 0.1) is 14.2 Å². The van der Waals surface area contributed by atoms with Crippen LogP contribution in [0.4, 0.5) is 0 Å². The molecule has 4 unspecified atom stereocenters. The largest absolute Gasteiger partial charge is 0.493 e. The highest BCUT2D eigenvalue weighted by Crippen LogP contribution is 2.66. The first-order valence-corrected chi connectivity index (χ1v) is 17.1. The van der Waals surface area contributed by atoms with Crippen LogP contribution in [0.25, 0.3) is 6.08 Å². The Kier molecular flexibility index (Phi) is 10.1. The summed E-state index contributed by atoms with van der Waals surface area (Å²) >= 11 is 0. The minimum Gasteiger partial charge on any atom is -0.493 e. The smallest absolute Gasteiger partial charge is 0.331 e. The Balaban J connectivity index is 1.16. The number of hydrogen-bond donors (Lipinski definition) is 0. The van der Waals surface area contributed by atoms with Gasteiger partial charge in [-0.1, -0.05) is 77.0 Å². The molecule has 0 saturated heterocycles. The van der Waals surface area contributed by atoms with E-state index in [9.17, 15) is 4.79 Å². The molecule has 0 bridgehead atoms. The summed E-state index contributed by atoms with van der Waals surface area (Å²) in [7, 11) is 3.24. The minimum atomic E-state index is -0.261. The molecule has 0 heterocycles. The molecule has 3 fully saturated rings. The van der Waals surface area contributed by atoms with Gasteiger partial charge in [0.15, 0.2) is 11.5 Å². The normalized spacial score (nSPS) is 33.8. The molecule has 0 aromatic heterocycles. The zero-order valence-electron chi connectivity index (χ0n) is 27.1. The third kappa shape index (κ3) is 6.34. The van der Waals surface area contributed by atoms with Crippen molar-refractivity contribution in [3.05, 3.63) is 41.5 Å². The van der Waals surface area contributed by atoms with Crippen molar-refractivity contribution in [3.8, 4) is 11.5 Å². The molecule has 0 radical (unpaired) electrons. The molecule has 232 valence electrons. The summed E-state index contributed by atoms with van der Waals surface area (Å²) in [5.41, 5.74) is 3.29. The molecule has 0 spiro atoms. The van der Waals surface area contributed by atoms with Crippen LogP contribution in [0.3, 0.4) is 0 Å². The van der Waals surface area contributed by atoms with Gasteiger partial charge >= 0.3 is 5.97 Å². The van der Waals surface area contributed by atoms with Gasteiger partial charge in [0.2, 0.25) is 0 Å². The number of rotatable bonds is 12. The Bertz CT molecular complexity index is 1140. The van der Waals surface area contributed by atoms with Gasteiger partial charge in [-0.25, -0.2) is 4.79 Å². The molecule has 42 heavy (non-hydrogen) atoms. The van der Waals surface area contributed by atoms with Gasteiger partial charge in [0.1, 0.15) is 6.10 Å². The van der Waals surface area contributed by atoms with Gasteiger partial charge in [0.25, 0.3) is 0 Å². The second-order valence-corrected chi connectivity index (χ2v) is 14.4. The highest BCUT2D eigenvalue weighted by Gasteiger charge is 2.58. The molecular weight excluding hydrogens is 520 g/mol. The Hall–Kier alpha value is -2.23. The lowest BCUT2D eigenvalue weighted by molar-refractivity contribution is -0.145. The number of carbonyl (C=O) groups excluding carboxylic acids is 1. The lowest BCUT2D eigenvalue weighted by Crippen LogP contribution is -2.50. The van der Waals surface area contributed by atoms with Crippen molar-refractivity contribution < 1.29 is 19.0 Å². The van der Waals surface area contributed by atoms with Gasteiger partial charge < -0.3 is 14.2 Å². The maximum absolute atomic E-state index is 12.8. The molecule has 0 aliphatic heterocycles. The standard InChI is InChI=1S/C38H56O4/c1-6-7-8-9-10-11-12-28-16-18-32-31-17-15-29-26-30(21-23-38(29,3)33(31)22-24-37(28,32)2)42-36(39)20-14-27-13-19-34(40-4)35(25-27)41-5/h13-15,19-20,25,28,30-33H,6-12,16-18,21-24,26H2,1-5H3/b20-14+/t28?,30-,31?,32?,33?,37+,38-/m0/s1. The third-order valence-corrected chi connectivity index (χ3v) is 12.3. The molecule has 4 nitrogen and oxygen atoms in total. The number of unbranched alkanes of at least 4 members (excludes halogenated alkanes) is 5. The van der Waals surface area contributed by atoms with Crippen LogP contribution in [0.2, 0.25) is 0 Å². The van der Waals surface area contributed by atoms with E-state index in [0.29, 0.717) is 16.9 Å². The van der Waals surface area contributed by atoms with Crippen LogP contribution in [0, 0.1) is 34.5 Å². The summed E-state index contributed by atoms with van der Waals surface area (Å²) in [6.07, 6.45) is 25.8. The third-order valence-electron chi connectivity index (χ3n) is 12.3. The Labute approximate surface area is 255 Å². The van der Waals surface area contributed by atoms with Gasteiger partial charge in [-0.2, -0.15) is 0 Å². The Morgan fingerprint density at radius 1 is 0.929 bits per heavy atom. The summed E-state index contributed by atoms with van der Waals surface area (Å²) in [6, 6.07) is 5.63. The average Bonchev–Trinajstić information content (AvgIpc) is 3.33. The van der Waals surface area contributed by atoms with Gasteiger partial charge in [-0.15, -0.1) is 0 Å². The van der Waals surface area contributed by atoms with E-state index < -0.39 is 0 Å². The molecule has 3 saturated carbocycles. The SMILES string of the molecule is CCCCCCCCC1CCC2C3CC=C4C[C@@H](OC(=O)/C=C/c5ccc(OC)c(OC)c5)CC[C@]4(C)C3CC[C@]12C. The van der Waals surface area contributed by atoms with Crippen LogP contribution < -0.4 is 9.47 Å². The van der Waals surface area contributed by atoms with E-state index >= 15 is 0 Å². The molecule has 5 rings (SSSR count). The average molecular weight is 577 g/mol. The first-order chi connectivity index (χ1) is 20.3. The van der Waals surface area contributed by atoms with Gasteiger partial charge in [-0.3, -0.25) is 0 Å². The fourth-order valence-corrected chi connectivity index (χ4v) is 9.81. The number of carbonyl (C=O) groups is 1. The highest BCUT2D eigenvalue weighted by atomic mass is 16.5. The van der Waals surface area contributed by atoms with Crippen LogP contribution in [-0.2, 0) is 9.53 Å². The number of benzene rings is 1. The fourth-order valence-electron chi connectivity index (χ4n) is 9.81. The summed E-state index contributed by atoms with van der Waals surface area (Å²) < 4.78 is 16.7. The first kappa shape index (κ1) is 31.2. The summed E-state index contributed by atoms with van der Waals surface area (Å²) in [5.74, 6) is 4.54. The number of fused-ring (bicyclic) bond motifs is 5. The predicted molar refractivity (Wildman–Crippen MR) is 172 cm³/mol. The lowest BCUT2D eigenvalue weighted by Gasteiger charge is -2.58. The van der Waals surface area contributed by atoms with Crippen molar-refractivity contribution in [1.82, 2.24) is 0 Å². The van der Waals surface area contributed by atoms with E-state index in [2.05, 4.69) is 26.8 Å². The van der Waals surface area contributed by atoms with Crippen LogP contribution in [-0.4, -0.2) is 26.3 Å². The van der Waals surface area contributed by atoms with Crippen LogP contribution in [0.1, 0.15) is 123 Å². The maximum Gasteiger partial charge on any atom is 0.331 e. The second-order valence-electron chi connectivity index (χ2n) is 14.4. The minimum absolute atomic E-state index is 0.0227. The summed E-state index contributed by atoms with van der Waals surface area (Å²) in [4.78, 5) is 12.8. The predicted octanol–water partition coefficient (Wildman–Crippen LogP) is 9.96. The fraction of sp³-hybridized carbons (Fsp3) is 0.711. The Morgan fingerprint density at radius 2 is 1.71 bits per heavy atom. The molecule has 0 N–H and O–H groups in total. The first-order valence-electron chi connectivity index (χ1n) is 17.1. The van der Waals surface area contributed by atoms with Crippen LogP contribution in [0.15, 0.2) is 35.9 Å². The number of ether oxygens (including phenoxy) is 3. The number of methoxy groups -OCH3 is 2. The van der Waals surface area contributed by atoms with Crippen molar-refractivity contribution in [2.75, 3.05) is 14.2 Å². The molecule has 4 aliphatic carbocycles. The van der Waals surface area contributed by atoms with Crippen LogP contribution in [0.5, 0.6) is 11.5 Å². The van der Waals surface area contributed by atoms with Crippen LogP contribution >= 0.6 is 0 Å². The molecule has 0 amide bonds. The van der Waals surface area contributed by atoms with E-state index in [0.717, 1.165) is 48.5 Å². The summed E-state index contributed by atoms with van der Waals surface area (Å²) in [6.45, 7) is 7.54. The maximum atomic E-state index is 12.8. The number of esters is 1. The van der Waals surface area contributed by atoms with Gasteiger partial charge in [-0.05, 0) is 110 Å². The quantitative estimate of drug-likeness (QED) is 0.107. The number of hydrogen-bond acceptors (Lipinski definition) is 4. The molecule has 4 aliphatic rings. The van der Waals surface area contributed by atoms with E-state index in [1.165, 1.54) is 77.0 Å². The lowest BCUT2D eigenvalue weighted by atomic mass is 9.47. The van der Waals surface area contributed by atoms with E-state index in [-0.39, 0.29) is 17.5 Å². The van der Waals surface area contributed by atoms with E-state index in [1.54, 1.807) is 31.9 Å². The molecule has 4 heteroatoms. The molecule has 1 aromatic rings.